The van der Waals surface area contributed by atoms with E-state index in [1.54, 1.807) is 0 Å². The van der Waals surface area contributed by atoms with Gasteiger partial charge in [-0.25, -0.2) is 0 Å². The summed E-state index contributed by atoms with van der Waals surface area (Å²) in [4.78, 5) is 1.99. The maximum atomic E-state index is 10.2. The van der Waals surface area contributed by atoms with Gasteiger partial charge >= 0.3 is 0 Å². The van der Waals surface area contributed by atoms with Crippen LogP contribution in [0.25, 0.3) is 0 Å². The molecule has 1 heterocycles. The number of hydrogen-bond acceptors (Lipinski definition) is 4. The Kier molecular flexibility index (Phi) is 5.52. The summed E-state index contributed by atoms with van der Waals surface area (Å²) in [7, 11) is 3.93. The molecule has 19 heavy (non-hydrogen) atoms. The minimum atomic E-state index is -0.716. The number of likely N-dealkylation sites (N-methyl/N-ethyl adjacent to an activating group) is 1. The number of aromatic nitrogens is 2. The van der Waals surface area contributed by atoms with Crippen LogP contribution in [-0.4, -0.2) is 52.6 Å². The number of nitrogens with one attached hydrogen (secondary N) is 1. The Bertz CT molecular complexity index is 410. The molecule has 2 N–H and O–H groups in total. The highest BCUT2D eigenvalue weighted by Crippen LogP contribution is 2.13. The molecule has 0 aromatic carbocycles. The Hall–Kier alpha value is -0.910. The predicted octanol–water partition coefficient (Wildman–Crippen LogP) is 0.922. The predicted molar refractivity (Wildman–Crippen MR) is 78.3 cm³/mol. The number of aryl methyl sites for hydroxylation is 2. The van der Waals surface area contributed by atoms with E-state index in [1.807, 2.05) is 37.5 Å². The smallest absolute Gasteiger partial charge is 0.0869 e. The summed E-state index contributed by atoms with van der Waals surface area (Å²) >= 11 is 0. The summed E-state index contributed by atoms with van der Waals surface area (Å²) < 4.78 is 2.02. The zero-order valence-corrected chi connectivity index (χ0v) is 13.1. The van der Waals surface area contributed by atoms with Crippen LogP contribution in [0, 0.1) is 13.8 Å². The van der Waals surface area contributed by atoms with Crippen LogP contribution in [0.5, 0.6) is 0 Å². The van der Waals surface area contributed by atoms with Gasteiger partial charge in [-0.2, -0.15) is 5.10 Å². The highest BCUT2D eigenvalue weighted by Gasteiger charge is 2.21. The van der Waals surface area contributed by atoms with Gasteiger partial charge in [-0.15, -0.1) is 0 Å². The fourth-order valence-corrected chi connectivity index (χ4v) is 2.49. The van der Waals surface area contributed by atoms with Crippen LogP contribution in [0.3, 0.4) is 0 Å². The van der Waals surface area contributed by atoms with Crippen molar-refractivity contribution in [1.29, 1.82) is 0 Å². The van der Waals surface area contributed by atoms with Crippen LogP contribution in [0.1, 0.15) is 30.8 Å². The van der Waals surface area contributed by atoms with Crippen molar-refractivity contribution in [2.45, 2.75) is 46.4 Å². The van der Waals surface area contributed by atoms with Crippen molar-refractivity contribution >= 4 is 0 Å². The number of aliphatic hydroxyl groups is 1. The fourth-order valence-electron chi connectivity index (χ4n) is 2.49. The molecule has 1 rings (SSSR count). The second-order valence-electron chi connectivity index (χ2n) is 5.80. The topological polar surface area (TPSA) is 53.3 Å². The number of rotatable bonds is 7. The van der Waals surface area contributed by atoms with Crippen molar-refractivity contribution in [2.75, 3.05) is 27.2 Å². The highest BCUT2D eigenvalue weighted by molar-refractivity contribution is 5.24. The van der Waals surface area contributed by atoms with E-state index in [2.05, 4.69) is 24.3 Å². The lowest BCUT2D eigenvalue weighted by atomic mass is 10.1. The molecule has 0 fully saturated rings. The van der Waals surface area contributed by atoms with Crippen molar-refractivity contribution < 1.29 is 5.11 Å². The van der Waals surface area contributed by atoms with E-state index in [1.165, 1.54) is 11.3 Å². The van der Waals surface area contributed by atoms with Crippen molar-refractivity contribution in [2.24, 2.45) is 0 Å². The highest BCUT2D eigenvalue weighted by atomic mass is 16.3. The van der Waals surface area contributed by atoms with Gasteiger partial charge in [-0.3, -0.25) is 4.68 Å². The summed E-state index contributed by atoms with van der Waals surface area (Å²) in [6.07, 6.45) is 0. The molecule has 1 aromatic heterocycles. The Morgan fingerprint density at radius 1 is 1.37 bits per heavy atom. The summed E-state index contributed by atoms with van der Waals surface area (Å²) in [6.45, 7) is 10.9. The van der Waals surface area contributed by atoms with Crippen LogP contribution in [0.4, 0.5) is 0 Å². The molecular formula is C14H28N4O. The summed E-state index contributed by atoms with van der Waals surface area (Å²) in [5.41, 5.74) is 2.80. The molecule has 110 valence electrons. The van der Waals surface area contributed by atoms with E-state index in [4.69, 9.17) is 0 Å². The average Bonchev–Trinajstić information content (AvgIpc) is 2.54. The van der Waals surface area contributed by atoms with E-state index < -0.39 is 5.60 Å². The van der Waals surface area contributed by atoms with Gasteiger partial charge in [-0.05, 0) is 41.8 Å². The summed E-state index contributed by atoms with van der Waals surface area (Å²) in [5, 5.41) is 18.1. The first-order chi connectivity index (χ1) is 8.76. The third-order valence-electron chi connectivity index (χ3n) is 3.30. The molecule has 0 amide bonds. The molecule has 0 spiro atoms. The fraction of sp³-hybridized carbons (Fsp3) is 0.786. The lowest BCUT2D eigenvalue weighted by Crippen LogP contribution is -2.45. The summed E-state index contributed by atoms with van der Waals surface area (Å²) in [5.74, 6) is 0. The summed E-state index contributed by atoms with van der Waals surface area (Å²) in [6, 6.07) is 0. The van der Waals surface area contributed by atoms with E-state index in [0.717, 1.165) is 18.8 Å². The Balaban J connectivity index is 2.56. The SMILES string of the molecule is CCn1nc(C)c(CNCC(C)(O)CN(C)C)c1C. The van der Waals surface area contributed by atoms with Gasteiger partial charge in [-0.1, -0.05) is 0 Å². The molecule has 0 saturated heterocycles. The second-order valence-corrected chi connectivity index (χ2v) is 5.80. The van der Waals surface area contributed by atoms with Gasteiger partial charge < -0.3 is 15.3 Å². The lowest BCUT2D eigenvalue weighted by Gasteiger charge is -2.27. The molecule has 0 aliphatic heterocycles. The Labute approximate surface area is 116 Å². The monoisotopic (exact) mass is 268 g/mol. The van der Waals surface area contributed by atoms with E-state index in [9.17, 15) is 5.11 Å². The first-order valence-electron chi connectivity index (χ1n) is 6.87. The third kappa shape index (κ3) is 4.60. The van der Waals surface area contributed by atoms with Crippen molar-refractivity contribution in [3.05, 3.63) is 17.0 Å². The molecule has 1 atom stereocenters. The van der Waals surface area contributed by atoms with Crippen LogP contribution in [-0.2, 0) is 13.1 Å². The lowest BCUT2D eigenvalue weighted by molar-refractivity contribution is 0.0335. The molecule has 5 nitrogen and oxygen atoms in total. The largest absolute Gasteiger partial charge is 0.388 e. The van der Waals surface area contributed by atoms with Gasteiger partial charge in [0.2, 0.25) is 0 Å². The zero-order valence-electron chi connectivity index (χ0n) is 13.1. The normalized spacial score (nSPS) is 14.9. The quantitative estimate of drug-likeness (QED) is 0.772. The number of hydrogen-bond donors (Lipinski definition) is 2. The first-order valence-corrected chi connectivity index (χ1v) is 6.87. The van der Waals surface area contributed by atoms with E-state index in [0.29, 0.717) is 13.1 Å². The van der Waals surface area contributed by atoms with Crippen molar-refractivity contribution in [3.63, 3.8) is 0 Å². The molecule has 0 radical (unpaired) electrons. The minimum absolute atomic E-state index is 0.571. The van der Waals surface area contributed by atoms with Crippen LogP contribution in [0.2, 0.25) is 0 Å². The van der Waals surface area contributed by atoms with Crippen molar-refractivity contribution in [1.82, 2.24) is 20.0 Å². The van der Waals surface area contributed by atoms with E-state index >= 15 is 0 Å². The second kappa shape index (κ2) is 6.50. The molecule has 5 heteroatoms. The van der Waals surface area contributed by atoms with Gasteiger partial charge in [0.15, 0.2) is 0 Å². The molecule has 1 unspecified atom stereocenters. The molecule has 0 bridgehead atoms. The molecule has 0 aliphatic carbocycles. The van der Waals surface area contributed by atoms with Crippen molar-refractivity contribution in [3.8, 4) is 0 Å². The zero-order chi connectivity index (χ0) is 14.6. The minimum Gasteiger partial charge on any atom is -0.388 e. The average molecular weight is 268 g/mol. The molecular weight excluding hydrogens is 240 g/mol. The van der Waals surface area contributed by atoms with Gasteiger partial charge in [0, 0.05) is 37.4 Å². The van der Waals surface area contributed by atoms with Gasteiger partial charge in [0.05, 0.1) is 11.3 Å². The Morgan fingerprint density at radius 2 is 2.00 bits per heavy atom. The maximum absolute atomic E-state index is 10.2. The van der Waals surface area contributed by atoms with Crippen LogP contribution in [0.15, 0.2) is 0 Å². The van der Waals surface area contributed by atoms with Crippen LogP contribution < -0.4 is 5.32 Å². The Morgan fingerprint density at radius 3 is 2.47 bits per heavy atom. The van der Waals surface area contributed by atoms with E-state index in [-0.39, 0.29) is 0 Å². The number of nitrogens with zero attached hydrogens (tertiary/aromatic N) is 3. The third-order valence-corrected chi connectivity index (χ3v) is 3.30. The molecule has 1 aromatic rings. The van der Waals surface area contributed by atoms with Gasteiger partial charge in [0.1, 0.15) is 0 Å². The first kappa shape index (κ1) is 16.1. The van der Waals surface area contributed by atoms with Gasteiger partial charge in [0.25, 0.3) is 0 Å². The molecule has 0 saturated carbocycles. The maximum Gasteiger partial charge on any atom is 0.0869 e. The van der Waals surface area contributed by atoms with Crippen LogP contribution >= 0.6 is 0 Å². The standard InChI is InChI=1S/C14H28N4O/c1-7-18-12(3)13(11(2)16-18)8-15-9-14(4,19)10-17(5)6/h15,19H,7-10H2,1-6H3. The molecule has 0 aliphatic rings.